The van der Waals surface area contributed by atoms with Gasteiger partial charge in [0.05, 0.1) is 31.1 Å². The lowest BCUT2D eigenvalue weighted by Gasteiger charge is -2.44. The zero-order chi connectivity index (χ0) is 27.5. The molecule has 2 fully saturated rings. The predicted molar refractivity (Wildman–Crippen MR) is 130 cm³/mol. The molecule has 0 saturated carbocycles. The maximum absolute atomic E-state index is 12.9. The number of hydrogen-bond donors (Lipinski definition) is 0. The summed E-state index contributed by atoms with van der Waals surface area (Å²) >= 11 is 0. The summed E-state index contributed by atoms with van der Waals surface area (Å²) in [5.74, 6) is 0.697. The second-order valence-electron chi connectivity index (χ2n) is 9.58. The van der Waals surface area contributed by atoms with Crippen molar-refractivity contribution >= 4 is 11.9 Å². The zero-order valence-corrected chi connectivity index (χ0v) is 20.6. The van der Waals surface area contributed by atoms with Gasteiger partial charge in [0.15, 0.2) is 5.69 Å². The molecular formula is C26H34F3N5O2. The van der Waals surface area contributed by atoms with E-state index in [2.05, 4.69) is 9.97 Å². The highest BCUT2D eigenvalue weighted by molar-refractivity contribution is 5.69. The molecule has 2 aliphatic rings. The summed E-state index contributed by atoms with van der Waals surface area (Å²) in [5.41, 5.74) is -0.383. The number of amides is 1. The van der Waals surface area contributed by atoms with Crippen molar-refractivity contribution in [3.8, 4) is 0 Å². The van der Waals surface area contributed by atoms with Crippen molar-refractivity contribution in [1.29, 1.82) is 0 Å². The van der Waals surface area contributed by atoms with Gasteiger partial charge in [0.1, 0.15) is 5.82 Å². The number of alkyl halides is 3. The highest BCUT2D eigenvalue weighted by Gasteiger charge is 2.36. The summed E-state index contributed by atoms with van der Waals surface area (Å²) in [4.78, 5) is 25.7. The first kappa shape index (κ1) is 23.5. The molecule has 0 unspecified atom stereocenters. The fourth-order valence-electron chi connectivity index (χ4n) is 4.92. The van der Waals surface area contributed by atoms with Crippen LogP contribution in [0.25, 0.3) is 0 Å². The van der Waals surface area contributed by atoms with Gasteiger partial charge in [0, 0.05) is 22.3 Å². The van der Waals surface area contributed by atoms with Gasteiger partial charge in [-0.25, -0.2) is 14.8 Å². The first-order valence-electron chi connectivity index (χ1n) is 13.4. The Kier molecular flexibility index (Phi) is 7.48. The minimum absolute atomic E-state index is 0.223. The van der Waals surface area contributed by atoms with Crippen LogP contribution in [-0.4, -0.2) is 70.7 Å². The first-order valence-corrected chi connectivity index (χ1v) is 12.4. The van der Waals surface area contributed by atoms with Crippen LogP contribution in [0.1, 0.15) is 47.1 Å². The number of carbonyl (C=O) groups excluding carboxylic acids is 1. The number of ether oxygens (including phenoxy) is 1. The van der Waals surface area contributed by atoms with Crippen LogP contribution >= 0.6 is 0 Å². The molecule has 2 saturated heterocycles. The third-order valence-electron chi connectivity index (χ3n) is 6.81. The number of aromatic nitrogens is 2. The fraction of sp³-hybridized carbons (Fsp3) is 0.577. The second kappa shape index (κ2) is 11.5. The van der Waals surface area contributed by atoms with E-state index in [-0.39, 0.29) is 12.1 Å². The van der Waals surface area contributed by atoms with Crippen LogP contribution in [0.15, 0.2) is 42.7 Å². The van der Waals surface area contributed by atoms with Crippen molar-refractivity contribution in [1.82, 2.24) is 19.8 Å². The van der Waals surface area contributed by atoms with Crippen molar-refractivity contribution in [2.75, 3.05) is 37.7 Å². The van der Waals surface area contributed by atoms with Gasteiger partial charge in [-0.05, 0) is 57.7 Å². The molecule has 10 heteroatoms. The van der Waals surface area contributed by atoms with Crippen LogP contribution in [0.5, 0.6) is 0 Å². The van der Waals surface area contributed by atoms with Crippen LogP contribution < -0.4 is 4.90 Å². The molecule has 1 amide bonds. The van der Waals surface area contributed by atoms with E-state index in [0.717, 1.165) is 31.7 Å². The van der Waals surface area contributed by atoms with Crippen molar-refractivity contribution in [3.05, 3.63) is 54.0 Å². The molecule has 3 heterocycles. The molecule has 0 aliphatic carbocycles. The molecule has 1 aromatic heterocycles. The largest absolute Gasteiger partial charge is 0.449 e. The van der Waals surface area contributed by atoms with Crippen LogP contribution in [0.2, 0.25) is 0 Å². The Morgan fingerprint density at radius 2 is 1.75 bits per heavy atom. The molecule has 0 spiro atoms. The normalized spacial score (nSPS) is 23.2. The zero-order valence-electron chi connectivity index (χ0n) is 22.6. The van der Waals surface area contributed by atoms with Gasteiger partial charge in [-0.3, -0.25) is 9.80 Å². The number of halogens is 3. The number of hydrogen-bond acceptors (Lipinski definition) is 6. The van der Waals surface area contributed by atoms with Gasteiger partial charge < -0.3 is 9.64 Å². The van der Waals surface area contributed by atoms with Gasteiger partial charge in [-0.2, -0.15) is 13.2 Å². The first-order chi connectivity index (χ1) is 18.0. The van der Waals surface area contributed by atoms with Gasteiger partial charge >= 0.3 is 12.3 Å². The number of rotatable bonds is 6. The summed E-state index contributed by atoms with van der Waals surface area (Å²) in [6, 6.07) is 8.74. The van der Waals surface area contributed by atoms with Gasteiger partial charge in [0.25, 0.3) is 0 Å². The highest BCUT2D eigenvalue weighted by atomic mass is 19.4. The Morgan fingerprint density at radius 1 is 1.08 bits per heavy atom. The average molecular weight is 508 g/mol. The Labute approximate surface area is 213 Å². The number of piperazine rings is 1. The molecule has 196 valence electrons. The van der Waals surface area contributed by atoms with E-state index in [9.17, 15) is 18.0 Å². The maximum atomic E-state index is 12.9. The molecule has 0 bridgehead atoms. The monoisotopic (exact) mass is 507 g/mol. The molecule has 4 rings (SSSR count). The molecule has 2 atom stereocenters. The lowest BCUT2D eigenvalue weighted by Crippen LogP contribution is -2.59. The number of anilines is 1. The minimum atomic E-state index is -4.54. The van der Waals surface area contributed by atoms with E-state index in [4.69, 9.17) is 7.48 Å². The average Bonchev–Trinajstić information content (AvgIpc) is 2.88. The number of benzene rings is 1. The molecule has 0 N–H and O–H groups in total. The summed E-state index contributed by atoms with van der Waals surface area (Å²) in [7, 11) is 0. The quantitative estimate of drug-likeness (QED) is 0.558. The Bertz CT molecular complexity index is 1050. The molecule has 7 nitrogen and oxygen atoms in total. The molecular weight excluding hydrogens is 471 g/mol. The van der Waals surface area contributed by atoms with E-state index in [1.165, 1.54) is 0 Å². The fourth-order valence-corrected chi connectivity index (χ4v) is 4.92. The van der Waals surface area contributed by atoms with E-state index < -0.39 is 24.5 Å². The standard InChI is InChI=1S/C26H34F3N5O2/c1-19-16-33(24-15-30-23(14-31-24)26(27,28)29)17-20(2)34(19)25(35)36-13-10-21-8-11-32(12-9-21)18-22-6-4-3-5-7-22/h3-7,14-15,19-21H,8-13,16-18H2,1-2H3/t19-,20+/i18D2. The number of carbonyl (C=O) groups is 1. The van der Waals surface area contributed by atoms with Gasteiger partial charge in [0.2, 0.25) is 0 Å². The van der Waals surface area contributed by atoms with Crippen molar-refractivity contribution in [2.24, 2.45) is 5.92 Å². The Hall–Kier alpha value is -2.88. The maximum Gasteiger partial charge on any atom is 0.434 e. The van der Waals surface area contributed by atoms with Gasteiger partial charge in [-0.1, -0.05) is 30.3 Å². The SMILES string of the molecule is [2H]C([2H])(c1ccccc1)N1CCC(CCOC(=O)N2[C@H](C)CN(c3cnc(C(F)(F)F)cn3)C[C@@H]2C)CC1. The number of piperidine rings is 1. The molecule has 0 radical (unpaired) electrons. The predicted octanol–water partition coefficient (Wildman–Crippen LogP) is 4.83. The molecule has 36 heavy (non-hydrogen) atoms. The highest BCUT2D eigenvalue weighted by Crippen LogP contribution is 2.28. The summed E-state index contributed by atoms with van der Waals surface area (Å²) in [6.45, 7) is 4.61. The summed E-state index contributed by atoms with van der Waals surface area (Å²) < 4.78 is 61.0. The van der Waals surface area contributed by atoms with Crippen LogP contribution in [-0.2, 0) is 17.4 Å². The Balaban J connectivity index is 1.22. The second-order valence-corrected chi connectivity index (χ2v) is 9.58. The van der Waals surface area contributed by atoms with E-state index in [0.29, 0.717) is 50.1 Å². The van der Waals surface area contributed by atoms with Crippen molar-refractivity contribution in [2.45, 2.75) is 57.9 Å². The molecule has 2 aliphatic heterocycles. The minimum Gasteiger partial charge on any atom is -0.449 e. The lowest BCUT2D eigenvalue weighted by atomic mass is 9.93. The number of likely N-dealkylation sites (tertiary alicyclic amines) is 1. The summed E-state index contributed by atoms with van der Waals surface area (Å²) in [5, 5.41) is 0. The number of nitrogens with zero attached hydrogens (tertiary/aromatic N) is 5. The van der Waals surface area contributed by atoms with E-state index >= 15 is 0 Å². The van der Waals surface area contributed by atoms with E-state index in [1.54, 1.807) is 4.90 Å². The third-order valence-corrected chi connectivity index (χ3v) is 6.81. The molecule has 1 aromatic carbocycles. The van der Waals surface area contributed by atoms with Crippen molar-refractivity contribution in [3.63, 3.8) is 0 Å². The lowest BCUT2D eigenvalue weighted by molar-refractivity contribution is -0.141. The van der Waals surface area contributed by atoms with Crippen LogP contribution in [0, 0.1) is 5.92 Å². The topological polar surface area (TPSA) is 61.8 Å². The van der Waals surface area contributed by atoms with Crippen molar-refractivity contribution < 1.29 is 25.4 Å². The van der Waals surface area contributed by atoms with Crippen LogP contribution in [0.4, 0.5) is 23.8 Å². The molecule has 2 aromatic rings. The van der Waals surface area contributed by atoms with E-state index in [1.807, 2.05) is 54.0 Å². The third kappa shape index (κ3) is 6.66. The van der Waals surface area contributed by atoms with Crippen LogP contribution in [0.3, 0.4) is 0 Å². The Morgan fingerprint density at radius 3 is 2.33 bits per heavy atom. The van der Waals surface area contributed by atoms with Gasteiger partial charge in [-0.15, -0.1) is 0 Å². The summed E-state index contributed by atoms with van der Waals surface area (Å²) in [6.07, 6.45) is -0.703. The smallest absolute Gasteiger partial charge is 0.434 e.